The SMILES string of the molecule is Cc1cc(C)c(C2(c3c(C)cc(C)cc3C)c3ccccc3N(c3ccc4c(c3)Oc3ccccc3B4c3c(C(C)C)cc(C(C)C)cc3C(C)C)c3ccccc32)c(C)c1. The second kappa shape index (κ2) is 15.3. The van der Waals surface area contributed by atoms with Gasteiger partial charge in [0, 0.05) is 11.8 Å². The van der Waals surface area contributed by atoms with Crippen molar-refractivity contribution >= 4 is 40.2 Å². The summed E-state index contributed by atoms with van der Waals surface area (Å²) in [6.07, 6.45) is 0. The van der Waals surface area contributed by atoms with E-state index < -0.39 is 5.41 Å². The van der Waals surface area contributed by atoms with Gasteiger partial charge in [-0.25, -0.2) is 0 Å². The molecule has 2 nitrogen and oxygen atoms in total. The summed E-state index contributed by atoms with van der Waals surface area (Å²) in [7, 11) is 0. The van der Waals surface area contributed by atoms with Gasteiger partial charge in [-0.05, 0) is 156 Å². The fourth-order valence-corrected chi connectivity index (χ4v) is 11.5. The van der Waals surface area contributed by atoms with Crippen LogP contribution in [0, 0.1) is 41.5 Å². The average Bonchev–Trinajstić information content (AvgIpc) is 3.21. The first-order valence-corrected chi connectivity index (χ1v) is 22.5. The molecule has 2 heterocycles. The van der Waals surface area contributed by atoms with Crippen molar-refractivity contribution in [2.75, 3.05) is 4.90 Å². The van der Waals surface area contributed by atoms with Crippen molar-refractivity contribution in [1.82, 2.24) is 0 Å². The van der Waals surface area contributed by atoms with Gasteiger partial charge in [0.1, 0.15) is 11.5 Å². The normalized spacial score (nSPS) is 13.9. The molecule has 0 unspecified atom stereocenters. The Balaban J connectivity index is 1.32. The molecule has 0 saturated heterocycles. The first kappa shape index (κ1) is 40.6. The van der Waals surface area contributed by atoms with Crippen molar-refractivity contribution in [3.05, 3.63) is 200 Å². The molecule has 0 spiro atoms. The van der Waals surface area contributed by atoms with E-state index in [0.29, 0.717) is 17.8 Å². The van der Waals surface area contributed by atoms with Crippen LogP contribution in [0.1, 0.15) is 132 Å². The predicted octanol–water partition coefficient (Wildman–Crippen LogP) is 13.7. The lowest BCUT2D eigenvalue weighted by atomic mass is 9.34. The summed E-state index contributed by atoms with van der Waals surface area (Å²) in [5, 5.41) is 0. The smallest absolute Gasteiger partial charge is 0.251 e. The molecule has 7 aromatic rings. The summed E-state index contributed by atoms with van der Waals surface area (Å²) >= 11 is 0. The second-order valence-corrected chi connectivity index (χ2v) is 19.0. The number of aryl methyl sites for hydroxylation is 6. The van der Waals surface area contributed by atoms with Crippen molar-refractivity contribution in [3.8, 4) is 11.5 Å². The van der Waals surface area contributed by atoms with Crippen molar-refractivity contribution in [2.45, 2.75) is 106 Å². The van der Waals surface area contributed by atoms with Crippen LogP contribution in [0.4, 0.5) is 17.1 Å². The van der Waals surface area contributed by atoms with E-state index in [0.717, 1.165) is 17.2 Å². The third-order valence-electron chi connectivity index (χ3n) is 13.7. The van der Waals surface area contributed by atoms with E-state index in [1.165, 1.54) is 100 Å². The molecule has 0 aromatic heterocycles. The van der Waals surface area contributed by atoms with E-state index in [1.54, 1.807) is 0 Å². The van der Waals surface area contributed by atoms with E-state index in [1.807, 2.05) is 0 Å². The monoisotopic (exact) mass is 797 g/mol. The molecule has 2 aliphatic heterocycles. The standard InChI is InChI=1S/C58H60BNO/c1-34(2)43-31-45(35(3)4)57(46(32-43)36(5)6)59-49-21-15-18-24-53(49)61-54-33-44(25-26-50(54)59)60-51-22-16-13-19-47(51)58(48-20-14-17-23-52(48)60,55-39(9)27-37(7)28-40(55)10)56-41(11)29-38(8)30-42(56)12/h13-36H,1-12H3. The Morgan fingerprint density at radius 1 is 0.475 bits per heavy atom. The molecule has 7 aromatic carbocycles. The van der Waals surface area contributed by atoms with Gasteiger partial charge in [-0.15, -0.1) is 0 Å². The summed E-state index contributed by atoms with van der Waals surface area (Å²) < 4.78 is 7.04. The van der Waals surface area contributed by atoms with Crippen LogP contribution >= 0.6 is 0 Å². The summed E-state index contributed by atoms with van der Waals surface area (Å²) in [5.41, 5.74) is 24.2. The van der Waals surface area contributed by atoms with Gasteiger partial charge in [0.25, 0.3) is 6.71 Å². The van der Waals surface area contributed by atoms with Gasteiger partial charge in [-0.2, -0.15) is 0 Å². The molecule has 0 saturated carbocycles. The largest absolute Gasteiger partial charge is 0.458 e. The van der Waals surface area contributed by atoms with E-state index in [-0.39, 0.29) is 6.71 Å². The van der Waals surface area contributed by atoms with Gasteiger partial charge in [-0.3, -0.25) is 0 Å². The van der Waals surface area contributed by atoms with E-state index in [4.69, 9.17) is 4.74 Å². The molecule has 61 heavy (non-hydrogen) atoms. The lowest BCUT2D eigenvalue weighted by Gasteiger charge is -2.48. The van der Waals surface area contributed by atoms with E-state index in [9.17, 15) is 0 Å². The number of nitrogens with zero attached hydrogens (tertiary/aromatic N) is 1. The summed E-state index contributed by atoms with van der Waals surface area (Å²) in [5.74, 6) is 3.04. The Morgan fingerprint density at radius 2 is 0.934 bits per heavy atom. The number of anilines is 3. The minimum atomic E-state index is -0.565. The maximum atomic E-state index is 7.04. The van der Waals surface area contributed by atoms with Crippen LogP contribution in [0.2, 0.25) is 0 Å². The van der Waals surface area contributed by atoms with Gasteiger partial charge in [0.05, 0.1) is 16.8 Å². The van der Waals surface area contributed by atoms with Crippen molar-refractivity contribution in [1.29, 1.82) is 0 Å². The summed E-state index contributed by atoms with van der Waals surface area (Å²) in [4.78, 5) is 2.50. The first-order valence-electron chi connectivity index (χ1n) is 22.5. The Hall–Kier alpha value is -5.80. The van der Waals surface area contributed by atoms with Crippen LogP contribution in [0.25, 0.3) is 0 Å². The van der Waals surface area contributed by atoms with E-state index in [2.05, 4.69) is 215 Å². The summed E-state index contributed by atoms with van der Waals surface area (Å²) in [6.45, 7) is 27.8. The Labute approximate surface area is 365 Å². The van der Waals surface area contributed by atoms with E-state index >= 15 is 0 Å². The Kier molecular flexibility index (Phi) is 10.2. The van der Waals surface area contributed by atoms with Crippen LogP contribution < -0.4 is 26.0 Å². The van der Waals surface area contributed by atoms with Crippen LogP contribution in [0.15, 0.2) is 127 Å². The van der Waals surface area contributed by atoms with Crippen LogP contribution in [0.5, 0.6) is 11.5 Å². The molecule has 0 radical (unpaired) electrons. The maximum absolute atomic E-state index is 7.04. The molecule has 9 rings (SSSR count). The molecule has 0 fully saturated rings. The number of para-hydroxylation sites is 3. The maximum Gasteiger partial charge on any atom is 0.251 e. The number of ether oxygens (including phenoxy) is 1. The summed E-state index contributed by atoms with van der Waals surface area (Å²) in [6, 6.07) is 48.6. The number of benzene rings is 7. The highest BCUT2D eigenvalue weighted by Gasteiger charge is 2.49. The number of fused-ring (bicyclic) bond motifs is 4. The molecule has 2 aliphatic rings. The first-order chi connectivity index (χ1) is 29.2. The quantitative estimate of drug-likeness (QED) is 0.149. The van der Waals surface area contributed by atoms with Crippen molar-refractivity contribution in [3.63, 3.8) is 0 Å². The molecule has 0 aliphatic carbocycles. The fourth-order valence-electron chi connectivity index (χ4n) is 11.5. The third-order valence-corrected chi connectivity index (χ3v) is 13.7. The fraction of sp³-hybridized carbons (Fsp3) is 0.276. The minimum Gasteiger partial charge on any atom is -0.458 e. The highest BCUT2D eigenvalue weighted by Crippen LogP contribution is 2.60. The second-order valence-electron chi connectivity index (χ2n) is 19.0. The molecule has 306 valence electrons. The molecule has 0 atom stereocenters. The van der Waals surface area contributed by atoms with Crippen molar-refractivity contribution in [2.24, 2.45) is 0 Å². The van der Waals surface area contributed by atoms with Gasteiger partial charge in [-0.1, -0.05) is 155 Å². The topological polar surface area (TPSA) is 12.5 Å². The predicted molar refractivity (Wildman–Crippen MR) is 261 cm³/mol. The zero-order chi connectivity index (χ0) is 43.1. The Bertz CT molecular complexity index is 2680. The molecule has 0 amide bonds. The Morgan fingerprint density at radius 3 is 1.43 bits per heavy atom. The lowest BCUT2D eigenvalue weighted by molar-refractivity contribution is 0.487. The minimum absolute atomic E-state index is 0.0403. The molecule has 3 heteroatoms. The average molecular weight is 798 g/mol. The van der Waals surface area contributed by atoms with Gasteiger partial charge < -0.3 is 9.64 Å². The molecule has 0 bridgehead atoms. The third kappa shape index (κ3) is 6.38. The van der Waals surface area contributed by atoms with Crippen molar-refractivity contribution < 1.29 is 4.74 Å². The van der Waals surface area contributed by atoms with Gasteiger partial charge >= 0.3 is 0 Å². The zero-order valence-corrected chi connectivity index (χ0v) is 38.3. The van der Waals surface area contributed by atoms with Crippen LogP contribution in [0.3, 0.4) is 0 Å². The highest BCUT2D eigenvalue weighted by molar-refractivity contribution is 6.97. The lowest BCUT2D eigenvalue weighted by Crippen LogP contribution is -2.57. The molecule has 0 N–H and O–H groups in total. The molecular formula is C58H60BNO. The number of rotatable bonds is 7. The van der Waals surface area contributed by atoms with Gasteiger partial charge in [0.2, 0.25) is 0 Å². The molecular weight excluding hydrogens is 737 g/mol. The van der Waals surface area contributed by atoms with Crippen LogP contribution in [-0.2, 0) is 5.41 Å². The number of hydrogen-bond acceptors (Lipinski definition) is 2. The van der Waals surface area contributed by atoms with Crippen LogP contribution in [-0.4, -0.2) is 6.71 Å². The van der Waals surface area contributed by atoms with Gasteiger partial charge in [0.15, 0.2) is 0 Å². The zero-order valence-electron chi connectivity index (χ0n) is 38.3. The highest BCUT2D eigenvalue weighted by atomic mass is 16.5. The number of hydrogen-bond donors (Lipinski definition) is 0.